The Labute approximate surface area is 275 Å². The van der Waals surface area contributed by atoms with Gasteiger partial charge in [-0.05, 0) is 130 Å². The Morgan fingerprint density at radius 1 is 1.07 bits per heavy atom. The fraction of sp³-hybridized carbons (Fsp3) is 0.784. The minimum Gasteiger partial charge on any atom is -0.461 e. The summed E-state index contributed by atoms with van der Waals surface area (Å²) in [5.41, 5.74) is 0.872. The molecule has 10 unspecified atom stereocenters. The van der Waals surface area contributed by atoms with Gasteiger partial charge in [-0.2, -0.15) is 0 Å². The number of nitro groups is 1. The zero-order chi connectivity index (χ0) is 33.2. The molecule has 10 atom stereocenters. The van der Waals surface area contributed by atoms with Crippen LogP contribution in [0.1, 0.15) is 115 Å². The second kappa shape index (κ2) is 14.3. The maximum atomic E-state index is 12.9. The highest BCUT2D eigenvalue weighted by atomic mass is 16.6. The third kappa shape index (κ3) is 6.60. The fourth-order valence-corrected chi connectivity index (χ4v) is 10.8. The molecule has 4 aliphatic rings. The van der Waals surface area contributed by atoms with Crippen molar-refractivity contribution in [1.29, 1.82) is 0 Å². The molecule has 1 N–H and O–H groups in total. The van der Waals surface area contributed by atoms with Crippen molar-refractivity contribution in [2.24, 2.45) is 46.3 Å². The number of benzene rings is 1. The molecule has 0 radical (unpaired) electrons. The summed E-state index contributed by atoms with van der Waals surface area (Å²) in [6.07, 6.45) is 11.4. The number of amides is 1. The van der Waals surface area contributed by atoms with Gasteiger partial charge < -0.3 is 19.5 Å². The highest BCUT2D eigenvalue weighted by Gasteiger charge is 2.63. The summed E-state index contributed by atoms with van der Waals surface area (Å²) in [6.45, 7) is 12.3. The van der Waals surface area contributed by atoms with E-state index in [1.54, 1.807) is 6.92 Å². The van der Waals surface area contributed by atoms with Crippen LogP contribution in [0.4, 0.5) is 5.69 Å². The number of rotatable bonds is 12. The second-order valence-corrected chi connectivity index (χ2v) is 15.2. The summed E-state index contributed by atoms with van der Waals surface area (Å²) >= 11 is 0. The molecule has 5 rings (SSSR count). The number of ether oxygens (including phenoxy) is 3. The lowest BCUT2D eigenvalue weighted by molar-refractivity contribution is -0.385. The number of nitrogens with one attached hydrogen (secondary N) is 1. The molecule has 0 bridgehead atoms. The molecule has 9 nitrogen and oxygen atoms in total. The summed E-state index contributed by atoms with van der Waals surface area (Å²) in [5, 5.41) is 14.3. The van der Waals surface area contributed by atoms with Gasteiger partial charge in [0.15, 0.2) is 0 Å². The van der Waals surface area contributed by atoms with Gasteiger partial charge in [-0.1, -0.05) is 20.8 Å². The van der Waals surface area contributed by atoms with E-state index in [1.807, 2.05) is 7.11 Å². The molecule has 1 amide bonds. The van der Waals surface area contributed by atoms with Gasteiger partial charge in [-0.3, -0.25) is 19.7 Å². The molecule has 1 aromatic rings. The number of hydrogen-bond donors (Lipinski definition) is 1. The van der Waals surface area contributed by atoms with E-state index >= 15 is 0 Å². The molecule has 0 spiro atoms. The molecule has 0 heterocycles. The van der Waals surface area contributed by atoms with Crippen LogP contribution in [-0.2, 0) is 25.6 Å². The number of methoxy groups -OCH3 is 1. The van der Waals surface area contributed by atoms with Crippen LogP contribution in [-0.4, -0.2) is 49.3 Å². The molecule has 9 heteroatoms. The molecule has 4 fully saturated rings. The number of carbonyl (C=O) groups excluding carboxylic acids is 2. The molecular formula is C37H56N2O7. The van der Waals surface area contributed by atoms with Gasteiger partial charge in [0.25, 0.3) is 11.6 Å². The fourth-order valence-electron chi connectivity index (χ4n) is 10.8. The smallest absolute Gasteiger partial charge is 0.306 e. The second-order valence-electron chi connectivity index (χ2n) is 15.2. The Morgan fingerprint density at radius 2 is 1.80 bits per heavy atom. The van der Waals surface area contributed by atoms with Crippen LogP contribution >= 0.6 is 0 Å². The summed E-state index contributed by atoms with van der Waals surface area (Å²) in [6, 6.07) is 4.28. The van der Waals surface area contributed by atoms with Gasteiger partial charge in [0, 0.05) is 38.3 Å². The Kier molecular flexibility index (Phi) is 10.8. The quantitative estimate of drug-likeness (QED) is 0.143. The zero-order valence-corrected chi connectivity index (χ0v) is 28.8. The summed E-state index contributed by atoms with van der Waals surface area (Å²) in [5.74, 6) is 2.79. The Balaban J connectivity index is 1.19. The van der Waals surface area contributed by atoms with Crippen molar-refractivity contribution in [3.63, 3.8) is 0 Å². The molecular weight excluding hydrogens is 584 g/mol. The van der Waals surface area contributed by atoms with E-state index in [4.69, 9.17) is 14.2 Å². The van der Waals surface area contributed by atoms with E-state index in [-0.39, 0.29) is 47.1 Å². The minimum absolute atomic E-state index is 0.186. The highest BCUT2D eigenvalue weighted by Crippen LogP contribution is 2.68. The summed E-state index contributed by atoms with van der Waals surface area (Å²) < 4.78 is 18.0. The van der Waals surface area contributed by atoms with Crippen molar-refractivity contribution in [1.82, 2.24) is 5.32 Å². The van der Waals surface area contributed by atoms with Gasteiger partial charge in [0.05, 0.1) is 22.7 Å². The Bertz CT molecular complexity index is 1270. The lowest BCUT2D eigenvalue weighted by Gasteiger charge is -2.63. The van der Waals surface area contributed by atoms with Crippen molar-refractivity contribution >= 4 is 17.6 Å². The van der Waals surface area contributed by atoms with E-state index in [1.165, 1.54) is 63.1 Å². The molecule has 46 heavy (non-hydrogen) atoms. The lowest BCUT2D eigenvalue weighted by Crippen LogP contribution is -2.59. The van der Waals surface area contributed by atoms with Gasteiger partial charge in [-0.25, -0.2) is 0 Å². The van der Waals surface area contributed by atoms with Crippen molar-refractivity contribution in [2.75, 3.05) is 20.3 Å². The summed E-state index contributed by atoms with van der Waals surface area (Å²) in [4.78, 5) is 36.1. The molecule has 4 saturated carbocycles. The lowest BCUT2D eigenvalue weighted by atomic mass is 9.43. The van der Waals surface area contributed by atoms with E-state index in [9.17, 15) is 19.7 Å². The number of carbonyl (C=O) groups is 2. The van der Waals surface area contributed by atoms with Crippen molar-refractivity contribution in [3.8, 4) is 0 Å². The van der Waals surface area contributed by atoms with E-state index in [0.717, 1.165) is 19.4 Å². The molecule has 0 saturated heterocycles. The topological polar surface area (TPSA) is 117 Å². The molecule has 4 aliphatic carbocycles. The van der Waals surface area contributed by atoms with E-state index in [2.05, 4.69) is 33.0 Å². The van der Waals surface area contributed by atoms with Crippen LogP contribution < -0.4 is 5.32 Å². The highest BCUT2D eigenvalue weighted by molar-refractivity contribution is 5.94. The number of esters is 1. The number of nitrogens with zero attached hydrogens (tertiary/aromatic N) is 1. The first-order valence-electron chi connectivity index (χ1n) is 17.8. The molecule has 1 aromatic carbocycles. The average molecular weight is 641 g/mol. The van der Waals surface area contributed by atoms with Crippen LogP contribution in [0.5, 0.6) is 0 Å². The summed E-state index contributed by atoms with van der Waals surface area (Å²) in [7, 11) is 1.92. The Hall–Kier alpha value is -2.52. The van der Waals surface area contributed by atoms with Crippen molar-refractivity contribution in [3.05, 3.63) is 39.4 Å². The number of hydrogen-bond acceptors (Lipinski definition) is 7. The van der Waals surface area contributed by atoms with Gasteiger partial charge in [0.1, 0.15) is 6.61 Å². The largest absolute Gasteiger partial charge is 0.461 e. The third-order valence-electron chi connectivity index (χ3n) is 13.2. The van der Waals surface area contributed by atoms with Crippen LogP contribution in [0, 0.1) is 56.5 Å². The Morgan fingerprint density at radius 3 is 2.50 bits per heavy atom. The van der Waals surface area contributed by atoms with Crippen LogP contribution in [0.2, 0.25) is 0 Å². The number of fused-ring (bicyclic) bond motifs is 5. The number of nitro benzene ring substituents is 1. The maximum Gasteiger partial charge on any atom is 0.306 e. The SMILES string of the molecule is CCNC(=O)c1ccc(COC(=O)CCC(C)C2CCC3C4C(OC)CC5CC(OCC)CCC5(C)C4CCC23C)c([N+](=O)[O-])c1. The molecule has 0 aliphatic heterocycles. The predicted octanol–water partition coefficient (Wildman–Crippen LogP) is 7.49. The van der Waals surface area contributed by atoms with Crippen molar-refractivity contribution < 1.29 is 28.7 Å². The van der Waals surface area contributed by atoms with Crippen LogP contribution in [0.3, 0.4) is 0 Å². The predicted molar refractivity (Wildman–Crippen MR) is 176 cm³/mol. The van der Waals surface area contributed by atoms with E-state index < -0.39 is 4.92 Å². The average Bonchev–Trinajstić information content (AvgIpc) is 3.39. The van der Waals surface area contributed by atoms with E-state index in [0.29, 0.717) is 59.7 Å². The monoisotopic (exact) mass is 640 g/mol. The standard InChI is InChI=1S/C37H56N2O7/c1-7-38-35(41)24-10-11-25(31(19-24)39(42)43)22-46-33(40)14-9-23(3)28-12-13-29-34-30(16-18-37(28,29)5)36(4)17-15-27(45-8-2)20-26(36)21-32(34)44-6/h10-11,19,23,26-30,32,34H,7-9,12-18,20-22H2,1-6H3,(H,38,41). The molecule has 0 aromatic heterocycles. The van der Waals surface area contributed by atoms with Crippen LogP contribution in [0.15, 0.2) is 18.2 Å². The minimum atomic E-state index is -0.535. The van der Waals surface area contributed by atoms with Gasteiger partial charge >= 0.3 is 5.97 Å². The zero-order valence-electron chi connectivity index (χ0n) is 28.8. The normalized spacial score (nSPS) is 35.7. The van der Waals surface area contributed by atoms with Crippen LogP contribution in [0.25, 0.3) is 0 Å². The van der Waals surface area contributed by atoms with Gasteiger partial charge in [-0.15, -0.1) is 0 Å². The first-order valence-corrected chi connectivity index (χ1v) is 17.8. The maximum absolute atomic E-state index is 12.9. The third-order valence-corrected chi connectivity index (χ3v) is 13.2. The first kappa shape index (κ1) is 34.8. The van der Waals surface area contributed by atoms with Gasteiger partial charge in [0.2, 0.25) is 0 Å². The van der Waals surface area contributed by atoms with Crippen molar-refractivity contribution in [2.45, 2.75) is 118 Å². The molecule has 256 valence electrons. The first-order chi connectivity index (χ1) is 22.0.